The molecule has 4 aromatic rings. The number of rotatable bonds is 7. The van der Waals surface area contributed by atoms with E-state index in [-0.39, 0.29) is 17.2 Å². The third-order valence-electron chi connectivity index (χ3n) is 4.64. The number of nitrogens with zero attached hydrogens (tertiary/aromatic N) is 3. The van der Waals surface area contributed by atoms with Crippen molar-refractivity contribution in [3.05, 3.63) is 100 Å². The van der Waals surface area contributed by atoms with Crippen LogP contribution >= 0.6 is 0 Å². The van der Waals surface area contributed by atoms with Gasteiger partial charge in [-0.3, -0.25) is 9.78 Å². The molecule has 8 nitrogen and oxygen atoms in total. The van der Waals surface area contributed by atoms with E-state index in [9.17, 15) is 10.1 Å². The number of para-hydroxylation sites is 1. The normalized spacial score (nSPS) is 10.5. The number of hydrazone groups is 1. The van der Waals surface area contributed by atoms with Crippen LogP contribution in [0.15, 0.2) is 88.8 Å². The highest BCUT2D eigenvalue weighted by atomic mass is 16.5. The fourth-order valence-electron chi connectivity index (χ4n) is 3.07. The molecule has 33 heavy (non-hydrogen) atoms. The predicted octanol–water partition coefficient (Wildman–Crippen LogP) is 4.56. The molecule has 3 aromatic carbocycles. The Morgan fingerprint density at radius 2 is 1.79 bits per heavy atom. The Balaban J connectivity index is 1.57. The Bertz CT molecular complexity index is 1390. The number of nitrogens with one attached hydrogen (secondary N) is 2. The maximum atomic E-state index is 12.4. The Labute approximate surface area is 189 Å². The lowest BCUT2D eigenvalue weighted by Crippen LogP contribution is -2.16. The van der Waals surface area contributed by atoms with Gasteiger partial charge >= 0.3 is 0 Å². The lowest BCUT2D eigenvalue weighted by atomic mass is 10.1. The molecule has 0 fully saturated rings. The quantitative estimate of drug-likeness (QED) is 0.324. The lowest BCUT2D eigenvalue weighted by molar-refractivity contribution is 0.409. The zero-order valence-corrected chi connectivity index (χ0v) is 17.6. The van der Waals surface area contributed by atoms with Gasteiger partial charge in [-0.2, -0.15) is 10.4 Å². The fourth-order valence-corrected chi connectivity index (χ4v) is 3.07. The van der Waals surface area contributed by atoms with Crippen molar-refractivity contribution < 1.29 is 9.47 Å². The number of hydrogen-bond donors (Lipinski definition) is 2. The average Bonchev–Trinajstić information content (AvgIpc) is 2.85. The largest absolute Gasteiger partial charge is 0.497 e. The van der Waals surface area contributed by atoms with Crippen LogP contribution < -0.4 is 20.5 Å². The van der Waals surface area contributed by atoms with E-state index in [1.54, 1.807) is 31.5 Å². The Morgan fingerprint density at radius 3 is 2.58 bits per heavy atom. The maximum Gasteiger partial charge on any atom is 0.270 e. The third kappa shape index (κ3) is 5.06. The number of ether oxygens (including phenoxy) is 2. The molecule has 0 bridgehead atoms. The molecule has 0 saturated heterocycles. The van der Waals surface area contributed by atoms with Crippen molar-refractivity contribution in [2.24, 2.45) is 5.10 Å². The van der Waals surface area contributed by atoms with E-state index in [4.69, 9.17) is 9.47 Å². The van der Waals surface area contributed by atoms with Crippen LogP contribution in [0.2, 0.25) is 0 Å². The Hall–Kier alpha value is -4.90. The van der Waals surface area contributed by atoms with Gasteiger partial charge in [-0.15, -0.1) is 0 Å². The molecular formula is C25H19N5O3. The molecule has 162 valence electrons. The van der Waals surface area contributed by atoms with Crippen LogP contribution in [0.25, 0.3) is 11.3 Å². The monoisotopic (exact) mass is 437 g/mol. The average molecular weight is 437 g/mol. The summed E-state index contributed by atoms with van der Waals surface area (Å²) in [6, 6.07) is 25.6. The molecule has 0 radical (unpaired) electrons. The zero-order valence-electron chi connectivity index (χ0n) is 17.6. The summed E-state index contributed by atoms with van der Waals surface area (Å²) in [5.41, 5.74) is 3.75. The molecule has 0 aliphatic heterocycles. The van der Waals surface area contributed by atoms with Crippen molar-refractivity contribution in [3.63, 3.8) is 0 Å². The van der Waals surface area contributed by atoms with Gasteiger partial charge in [-0.25, -0.2) is 10.4 Å². The number of aromatic amines is 1. The van der Waals surface area contributed by atoms with E-state index in [0.717, 1.165) is 0 Å². The van der Waals surface area contributed by atoms with Crippen LogP contribution in [-0.2, 0) is 0 Å². The number of benzene rings is 3. The maximum absolute atomic E-state index is 12.4. The first-order chi connectivity index (χ1) is 16.2. The van der Waals surface area contributed by atoms with Crippen LogP contribution in [0.4, 0.5) is 5.95 Å². The summed E-state index contributed by atoms with van der Waals surface area (Å²) in [7, 11) is 1.59. The SMILES string of the molecule is COc1cccc(Oc2ccccc2C=NNc2nc(-c3ccccc3)c(C#N)c(=O)[nH]2)c1. The van der Waals surface area contributed by atoms with Crippen LogP contribution in [0.3, 0.4) is 0 Å². The predicted molar refractivity (Wildman–Crippen MR) is 126 cm³/mol. The molecule has 8 heteroatoms. The number of anilines is 1. The smallest absolute Gasteiger partial charge is 0.270 e. The van der Waals surface area contributed by atoms with E-state index in [1.807, 2.05) is 66.7 Å². The number of H-pyrrole nitrogens is 1. The van der Waals surface area contributed by atoms with E-state index < -0.39 is 5.56 Å². The summed E-state index contributed by atoms with van der Waals surface area (Å²) in [5, 5.41) is 13.6. The minimum absolute atomic E-state index is 0.0623. The summed E-state index contributed by atoms with van der Waals surface area (Å²) < 4.78 is 11.2. The van der Waals surface area contributed by atoms with Gasteiger partial charge in [0.05, 0.1) is 19.0 Å². The van der Waals surface area contributed by atoms with Crippen molar-refractivity contribution in [2.45, 2.75) is 0 Å². The first kappa shape index (κ1) is 21.3. The topological polar surface area (TPSA) is 112 Å². The van der Waals surface area contributed by atoms with Crippen LogP contribution in [0.5, 0.6) is 17.2 Å². The van der Waals surface area contributed by atoms with Crippen LogP contribution in [-0.4, -0.2) is 23.3 Å². The molecule has 1 heterocycles. The van der Waals surface area contributed by atoms with E-state index in [0.29, 0.717) is 28.4 Å². The first-order valence-electron chi connectivity index (χ1n) is 9.98. The van der Waals surface area contributed by atoms with E-state index >= 15 is 0 Å². The summed E-state index contributed by atoms with van der Waals surface area (Å²) in [6.07, 6.45) is 1.55. The highest BCUT2D eigenvalue weighted by Crippen LogP contribution is 2.27. The van der Waals surface area contributed by atoms with Gasteiger partial charge < -0.3 is 9.47 Å². The van der Waals surface area contributed by atoms with Gasteiger partial charge in [0.1, 0.15) is 28.9 Å². The van der Waals surface area contributed by atoms with E-state index in [1.165, 1.54) is 0 Å². The molecule has 0 saturated carbocycles. The summed E-state index contributed by atoms with van der Waals surface area (Å²) in [6.45, 7) is 0. The molecular weight excluding hydrogens is 418 g/mol. The molecule has 1 aromatic heterocycles. The molecule has 4 rings (SSSR count). The molecule has 0 aliphatic rings. The zero-order chi connectivity index (χ0) is 23.0. The Kier molecular flexibility index (Phi) is 6.43. The van der Waals surface area contributed by atoms with Crippen molar-refractivity contribution in [1.82, 2.24) is 9.97 Å². The van der Waals surface area contributed by atoms with E-state index in [2.05, 4.69) is 20.5 Å². The second kappa shape index (κ2) is 9.94. The van der Waals surface area contributed by atoms with Gasteiger partial charge in [0, 0.05) is 17.2 Å². The van der Waals surface area contributed by atoms with Gasteiger partial charge in [0.15, 0.2) is 0 Å². The highest BCUT2D eigenvalue weighted by molar-refractivity contribution is 5.84. The lowest BCUT2D eigenvalue weighted by Gasteiger charge is -2.09. The second-order valence-corrected chi connectivity index (χ2v) is 6.80. The summed E-state index contributed by atoms with van der Waals surface area (Å²) >= 11 is 0. The number of hydrogen-bond acceptors (Lipinski definition) is 7. The second-order valence-electron chi connectivity index (χ2n) is 6.80. The van der Waals surface area contributed by atoms with Crippen LogP contribution in [0.1, 0.15) is 11.1 Å². The van der Waals surface area contributed by atoms with Gasteiger partial charge in [0.25, 0.3) is 5.56 Å². The minimum atomic E-state index is -0.550. The van der Waals surface area contributed by atoms with Crippen LogP contribution in [0, 0.1) is 11.3 Å². The third-order valence-corrected chi connectivity index (χ3v) is 4.64. The minimum Gasteiger partial charge on any atom is -0.497 e. The first-order valence-corrected chi connectivity index (χ1v) is 9.98. The highest BCUT2D eigenvalue weighted by Gasteiger charge is 2.13. The molecule has 0 spiro atoms. The fraction of sp³-hybridized carbons (Fsp3) is 0.0400. The summed E-state index contributed by atoms with van der Waals surface area (Å²) in [5.74, 6) is 2.00. The molecule has 0 atom stereocenters. The number of nitriles is 1. The standard InChI is InChI=1S/C25H19N5O3/c1-32-19-11-7-12-20(14-19)33-22-13-6-5-10-18(22)16-27-30-25-28-23(17-8-3-2-4-9-17)21(15-26)24(31)29-25/h2-14,16H,1H3,(H2,28,29,30,31). The molecule has 0 amide bonds. The molecule has 0 aliphatic carbocycles. The van der Waals surface area contributed by atoms with Crippen molar-refractivity contribution in [1.29, 1.82) is 5.26 Å². The Morgan fingerprint density at radius 1 is 1.03 bits per heavy atom. The summed E-state index contributed by atoms with van der Waals surface area (Å²) in [4.78, 5) is 19.3. The number of methoxy groups -OCH3 is 1. The van der Waals surface area contributed by atoms with Crippen molar-refractivity contribution in [3.8, 4) is 34.6 Å². The molecule has 2 N–H and O–H groups in total. The van der Waals surface area contributed by atoms with Gasteiger partial charge in [0.2, 0.25) is 5.95 Å². The number of aromatic nitrogens is 2. The van der Waals surface area contributed by atoms with Gasteiger partial charge in [-0.05, 0) is 24.3 Å². The van der Waals surface area contributed by atoms with Crippen molar-refractivity contribution >= 4 is 12.2 Å². The van der Waals surface area contributed by atoms with Gasteiger partial charge in [-0.1, -0.05) is 48.5 Å². The van der Waals surface area contributed by atoms with Crippen molar-refractivity contribution in [2.75, 3.05) is 12.5 Å². The molecule has 0 unspecified atom stereocenters.